The highest BCUT2D eigenvalue weighted by molar-refractivity contribution is 5.81. The molecule has 1 aromatic heterocycles. The zero-order chi connectivity index (χ0) is 22.6. The molecule has 2 N–H and O–H groups in total. The van der Waals surface area contributed by atoms with Gasteiger partial charge in [-0.3, -0.25) is 4.79 Å². The van der Waals surface area contributed by atoms with E-state index in [0.29, 0.717) is 22.8 Å². The van der Waals surface area contributed by atoms with E-state index in [1.165, 1.54) is 18.5 Å². The Hall–Kier alpha value is -3.94. The second kappa shape index (κ2) is 9.05. The second-order valence-electron chi connectivity index (χ2n) is 7.19. The molecule has 32 heavy (non-hydrogen) atoms. The Bertz CT molecular complexity index is 1180. The number of aldehydes is 1. The van der Waals surface area contributed by atoms with Gasteiger partial charge in [0.25, 0.3) is 0 Å². The molecule has 2 aromatic carbocycles. The fourth-order valence-electron chi connectivity index (χ4n) is 3.36. The summed E-state index contributed by atoms with van der Waals surface area (Å²) in [4.78, 5) is 19.6. The Balaban J connectivity index is 1.59. The summed E-state index contributed by atoms with van der Waals surface area (Å²) in [5.41, 5.74) is 3.65. The van der Waals surface area contributed by atoms with E-state index in [1.807, 2.05) is 24.3 Å². The molecular formula is C24H19F3N4O. The van der Waals surface area contributed by atoms with Gasteiger partial charge in [-0.15, -0.1) is 0 Å². The standard InChI is InChI=1S/C24H19F3N4O/c25-24(26,27)17-8-10-18(11-9-17)31-23-13-22(28-15-29-23)20-6-1-2-7-21(20)30-19-5-3-4-16(12-19)14-32/h1,3-6,8-15,30H,2,7H2,(H,28,29,31). The minimum Gasteiger partial charge on any atom is -0.358 e. The van der Waals surface area contributed by atoms with Crippen molar-refractivity contribution in [3.63, 3.8) is 0 Å². The van der Waals surface area contributed by atoms with Crippen molar-refractivity contribution in [3.8, 4) is 0 Å². The van der Waals surface area contributed by atoms with Gasteiger partial charge in [0.05, 0.1) is 11.3 Å². The minimum atomic E-state index is -4.38. The molecule has 0 saturated heterocycles. The van der Waals surface area contributed by atoms with Gasteiger partial charge in [-0.05, 0) is 49.2 Å². The summed E-state index contributed by atoms with van der Waals surface area (Å²) >= 11 is 0. The van der Waals surface area contributed by atoms with Crippen molar-refractivity contribution < 1.29 is 18.0 Å². The molecule has 1 aliphatic rings. The number of allylic oxidation sites excluding steroid dienone is 4. The van der Waals surface area contributed by atoms with Gasteiger partial charge in [-0.1, -0.05) is 24.3 Å². The molecule has 0 aliphatic heterocycles. The molecular weight excluding hydrogens is 417 g/mol. The predicted octanol–water partition coefficient (Wildman–Crippen LogP) is 6.22. The number of carbonyl (C=O) groups is 1. The van der Waals surface area contributed by atoms with Crippen molar-refractivity contribution in [1.29, 1.82) is 0 Å². The lowest BCUT2D eigenvalue weighted by molar-refractivity contribution is -0.137. The van der Waals surface area contributed by atoms with Crippen LogP contribution in [0.4, 0.5) is 30.4 Å². The maximum Gasteiger partial charge on any atom is 0.416 e. The van der Waals surface area contributed by atoms with Gasteiger partial charge in [0.1, 0.15) is 18.4 Å². The third-order valence-corrected chi connectivity index (χ3v) is 4.92. The summed E-state index contributed by atoms with van der Waals surface area (Å²) < 4.78 is 38.3. The molecule has 0 bridgehead atoms. The monoisotopic (exact) mass is 436 g/mol. The molecule has 0 amide bonds. The highest BCUT2D eigenvalue weighted by atomic mass is 19.4. The van der Waals surface area contributed by atoms with Gasteiger partial charge in [0, 0.05) is 34.3 Å². The van der Waals surface area contributed by atoms with Crippen LogP contribution in [0, 0.1) is 0 Å². The van der Waals surface area contributed by atoms with E-state index in [9.17, 15) is 18.0 Å². The fourth-order valence-corrected chi connectivity index (χ4v) is 3.36. The number of hydrogen-bond acceptors (Lipinski definition) is 5. The van der Waals surface area contributed by atoms with Gasteiger partial charge >= 0.3 is 6.18 Å². The maximum atomic E-state index is 12.8. The number of aromatic nitrogens is 2. The van der Waals surface area contributed by atoms with E-state index in [4.69, 9.17) is 0 Å². The van der Waals surface area contributed by atoms with Crippen LogP contribution < -0.4 is 10.6 Å². The van der Waals surface area contributed by atoms with Crippen molar-refractivity contribution in [2.75, 3.05) is 10.6 Å². The van der Waals surface area contributed by atoms with Gasteiger partial charge < -0.3 is 10.6 Å². The Kier molecular flexibility index (Phi) is 6.02. The fraction of sp³-hybridized carbons (Fsp3) is 0.125. The van der Waals surface area contributed by atoms with Crippen LogP contribution in [0.25, 0.3) is 5.57 Å². The Morgan fingerprint density at radius 3 is 2.50 bits per heavy atom. The van der Waals surface area contributed by atoms with E-state index in [-0.39, 0.29) is 0 Å². The Morgan fingerprint density at radius 2 is 1.75 bits per heavy atom. The smallest absolute Gasteiger partial charge is 0.358 e. The number of alkyl halides is 3. The van der Waals surface area contributed by atoms with Crippen LogP contribution in [-0.2, 0) is 6.18 Å². The quantitative estimate of drug-likeness (QED) is 0.449. The first-order chi connectivity index (χ1) is 15.4. The summed E-state index contributed by atoms with van der Waals surface area (Å²) in [5.74, 6) is 0.462. The molecule has 0 saturated carbocycles. The zero-order valence-corrected chi connectivity index (χ0v) is 16.9. The summed E-state index contributed by atoms with van der Waals surface area (Å²) in [6, 6.07) is 13.7. The molecule has 8 heteroatoms. The molecule has 0 radical (unpaired) electrons. The van der Waals surface area contributed by atoms with Gasteiger partial charge in [0.2, 0.25) is 0 Å². The molecule has 162 valence electrons. The number of hydrogen-bond donors (Lipinski definition) is 2. The third-order valence-electron chi connectivity index (χ3n) is 4.92. The van der Waals surface area contributed by atoms with E-state index in [1.54, 1.807) is 18.2 Å². The molecule has 0 spiro atoms. The molecule has 1 aliphatic carbocycles. The first-order valence-corrected chi connectivity index (χ1v) is 9.91. The largest absolute Gasteiger partial charge is 0.416 e. The number of halogens is 3. The van der Waals surface area contributed by atoms with Crippen molar-refractivity contribution in [2.45, 2.75) is 19.0 Å². The van der Waals surface area contributed by atoms with Crippen LogP contribution in [0.2, 0.25) is 0 Å². The first-order valence-electron chi connectivity index (χ1n) is 9.91. The summed E-state index contributed by atoms with van der Waals surface area (Å²) in [6.07, 6.45) is 3.47. The molecule has 5 nitrogen and oxygen atoms in total. The number of nitrogens with zero attached hydrogens (tertiary/aromatic N) is 2. The maximum absolute atomic E-state index is 12.8. The number of carbonyl (C=O) groups excluding carboxylic acids is 1. The van der Waals surface area contributed by atoms with Crippen LogP contribution in [0.1, 0.15) is 34.5 Å². The van der Waals surface area contributed by atoms with E-state index in [2.05, 4.69) is 20.6 Å². The molecule has 3 aromatic rings. The number of rotatable bonds is 6. The highest BCUT2D eigenvalue weighted by Crippen LogP contribution is 2.31. The van der Waals surface area contributed by atoms with Crippen LogP contribution >= 0.6 is 0 Å². The summed E-state index contributed by atoms with van der Waals surface area (Å²) in [5, 5.41) is 6.39. The topological polar surface area (TPSA) is 66.9 Å². The van der Waals surface area contributed by atoms with Gasteiger partial charge in [-0.25, -0.2) is 9.97 Å². The van der Waals surface area contributed by atoms with E-state index >= 15 is 0 Å². The van der Waals surface area contributed by atoms with Crippen LogP contribution in [-0.4, -0.2) is 16.3 Å². The Morgan fingerprint density at radius 1 is 0.938 bits per heavy atom. The lowest BCUT2D eigenvalue weighted by Crippen LogP contribution is -2.07. The van der Waals surface area contributed by atoms with Crippen LogP contribution in [0.3, 0.4) is 0 Å². The third kappa shape index (κ3) is 5.03. The molecule has 0 atom stereocenters. The SMILES string of the molecule is O=Cc1cccc(NC2=C(c3cc(Nc4ccc(C(F)(F)F)cc4)ncn3)C=CCC2)c1. The molecule has 0 fully saturated rings. The molecule has 4 rings (SSSR count). The Labute approximate surface area is 182 Å². The zero-order valence-electron chi connectivity index (χ0n) is 16.9. The van der Waals surface area contributed by atoms with Gasteiger partial charge in [0.15, 0.2) is 0 Å². The minimum absolute atomic E-state index is 0.462. The van der Waals surface area contributed by atoms with Crippen LogP contribution in [0.15, 0.2) is 78.8 Å². The van der Waals surface area contributed by atoms with Crippen molar-refractivity contribution in [3.05, 3.63) is 95.6 Å². The summed E-state index contributed by atoms with van der Waals surface area (Å²) in [6.45, 7) is 0. The number of anilines is 3. The molecule has 1 heterocycles. The normalized spacial score (nSPS) is 13.7. The van der Waals surface area contributed by atoms with Crippen molar-refractivity contribution >= 4 is 29.1 Å². The average Bonchev–Trinajstić information content (AvgIpc) is 2.79. The van der Waals surface area contributed by atoms with Crippen LogP contribution in [0.5, 0.6) is 0 Å². The van der Waals surface area contributed by atoms with E-state index in [0.717, 1.165) is 48.2 Å². The first kappa shape index (κ1) is 21.3. The lowest BCUT2D eigenvalue weighted by Gasteiger charge is -2.18. The average molecular weight is 436 g/mol. The lowest BCUT2D eigenvalue weighted by atomic mass is 9.99. The highest BCUT2D eigenvalue weighted by Gasteiger charge is 2.29. The van der Waals surface area contributed by atoms with E-state index < -0.39 is 11.7 Å². The second-order valence-corrected chi connectivity index (χ2v) is 7.19. The predicted molar refractivity (Wildman–Crippen MR) is 118 cm³/mol. The van der Waals surface area contributed by atoms with Gasteiger partial charge in [-0.2, -0.15) is 13.2 Å². The van der Waals surface area contributed by atoms with Crippen molar-refractivity contribution in [2.24, 2.45) is 0 Å². The summed E-state index contributed by atoms with van der Waals surface area (Å²) in [7, 11) is 0. The molecule has 0 unspecified atom stereocenters. The van der Waals surface area contributed by atoms with Crippen molar-refractivity contribution in [1.82, 2.24) is 9.97 Å². The number of benzene rings is 2. The number of nitrogens with one attached hydrogen (secondary N) is 2.